The lowest BCUT2D eigenvalue weighted by Gasteiger charge is -2.37. The first-order valence-electron chi connectivity index (χ1n) is 8.21. The van der Waals surface area contributed by atoms with E-state index in [1.807, 2.05) is 20.8 Å². The van der Waals surface area contributed by atoms with Crippen LogP contribution in [0.25, 0.3) is 0 Å². The number of rotatable bonds is 5. The molecule has 2 saturated carbocycles. The van der Waals surface area contributed by atoms with E-state index in [0.717, 1.165) is 25.8 Å². The third-order valence-corrected chi connectivity index (χ3v) is 4.58. The van der Waals surface area contributed by atoms with Crippen molar-refractivity contribution >= 4 is 6.09 Å². The van der Waals surface area contributed by atoms with Crippen LogP contribution in [0, 0.1) is 11.8 Å². The Kier molecular flexibility index (Phi) is 5.49. The highest BCUT2D eigenvalue weighted by Gasteiger charge is 2.33. The number of aliphatic hydroxyl groups excluding tert-OH is 1. The number of ether oxygens (including phenoxy) is 1. The molecule has 3 N–H and O–H groups in total. The molecule has 122 valence electrons. The summed E-state index contributed by atoms with van der Waals surface area (Å²) in [6, 6.07) is 0.722. The Labute approximate surface area is 127 Å². The van der Waals surface area contributed by atoms with E-state index in [4.69, 9.17) is 4.74 Å². The Hall–Kier alpha value is -0.810. The van der Waals surface area contributed by atoms with Gasteiger partial charge in [0.25, 0.3) is 0 Å². The number of nitrogens with one attached hydrogen (secondary N) is 2. The molecular formula is C16H30N2O3. The van der Waals surface area contributed by atoms with Crippen LogP contribution in [0.15, 0.2) is 0 Å². The maximum absolute atomic E-state index is 11.6. The van der Waals surface area contributed by atoms with E-state index in [2.05, 4.69) is 10.6 Å². The van der Waals surface area contributed by atoms with E-state index in [9.17, 15) is 9.90 Å². The summed E-state index contributed by atoms with van der Waals surface area (Å²) < 4.78 is 5.25. The molecular weight excluding hydrogens is 268 g/mol. The fourth-order valence-electron chi connectivity index (χ4n) is 3.32. The molecule has 0 saturated heterocycles. The molecule has 0 spiro atoms. The maximum atomic E-state index is 11.6. The lowest BCUT2D eigenvalue weighted by Crippen LogP contribution is -2.54. The van der Waals surface area contributed by atoms with Crippen LogP contribution >= 0.6 is 0 Å². The number of hydrogen-bond donors (Lipinski definition) is 3. The first kappa shape index (κ1) is 16.6. The highest BCUT2D eigenvalue weighted by molar-refractivity contribution is 5.68. The minimum atomic E-state index is -0.437. The molecule has 2 aliphatic carbocycles. The molecule has 0 aromatic heterocycles. The van der Waals surface area contributed by atoms with Gasteiger partial charge in [-0.05, 0) is 64.8 Å². The van der Waals surface area contributed by atoms with Crippen LogP contribution < -0.4 is 10.6 Å². The summed E-state index contributed by atoms with van der Waals surface area (Å²) in [7, 11) is 0. The first-order valence-corrected chi connectivity index (χ1v) is 8.21. The molecule has 2 aliphatic rings. The molecule has 5 heteroatoms. The largest absolute Gasteiger partial charge is 0.444 e. The summed E-state index contributed by atoms with van der Waals surface area (Å²) in [6.45, 7) is 6.93. The fourth-order valence-corrected chi connectivity index (χ4v) is 3.32. The zero-order valence-electron chi connectivity index (χ0n) is 13.5. The number of aliphatic hydroxyl groups is 1. The van der Waals surface area contributed by atoms with Crippen molar-refractivity contribution in [2.24, 2.45) is 11.8 Å². The quantitative estimate of drug-likeness (QED) is 0.726. The van der Waals surface area contributed by atoms with Crippen LogP contribution in [-0.2, 0) is 4.74 Å². The molecule has 0 aliphatic heterocycles. The van der Waals surface area contributed by atoms with Gasteiger partial charge in [0.05, 0.1) is 0 Å². The van der Waals surface area contributed by atoms with Crippen molar-refractivity contribution in [3.63, 3.8) is 0 Å². The van der Waals surface area contributed by atoms with Crippen LogP contribution in [0.3, 0.4) is 0 Å². The Balaban J connectivity index is 1.58. The third kappa shape index (κ3) is 5.15. The minimum Gasteiger partial charge on any atom is -0.444 e. The maximum Gasteiger partial charge on any atom is 0.407 e. The summed E-state index contributed by atoms with van der Waals surface area (Å²) in [6.07, 6.45) is 5.25. The van der Waals surface area contributed by atoms with Gasteiger partial charge in [-0.25, -0.2) is 4.79 Å². The van der Waals surface area contributed by atoms with Gasteiger partial charge in [0, 0.05) is 18.7 Å². The van der Waals surface area contributed by atoms with Crippen molar-refractivity contribution in [2.45, 2.75) is 70.6 Å². The molecule has 21 heavy (non-hydrogen) atoms. The van der Waals surface area contributed by atoms with Crippen molar-refractivity contribution in [3.8, 4) is 0 Å². The van der Waals surface area contributed by atoms with Gasteiger partial charge in [-0.3, -0.25) is 0 Å². The number of amides is 1. The SMILES string of the molecule is CC(C)(C)OC(=O)NC1CC(NCC2CCCC2CO)C1. The Bertz CT molecular complexity index is 348. The first-order chi connectivity index (χ1) is 9.87. The lowest BCUT2D eigenvalue weighted by molar-refractivity contribution is 0.0463. The van der Waals surface area contributed by atoms with Crippen LogP contribution in [0.1, 0.15) is 52.9 Å². The third-order valence-electron chi connectivity index (χ3n) is 4.58. The van der Waals surface area contributed by atoms with Gasteiger partial charge in [-0.2, -0.15) is 0 Å². The standard InChI is InChI=1S/C16H30N2O3/c1-16(2,3)21-15(20)18-14-7-13(8-14)17-9-11-5-4-6-12(11)10-19/h11-14,17,19H,4-10H2,1-3H3,(H,18,20). The smallest absolute Gasteiger partial charge is 0.407 e. The second kappa shape index (κ2) is 6.97. The summed E-state index contributed by atoms with van der Waals surface area (Å²) in [5.74, 6) is 1.10. The highest BCUT2D eigenvalue weighted by Crippen LogP contribution is 2.31. The zero-order valence-corrected chi connectivity index (χ0v) is 13.5. The predicted octanol–water partition coefficient (Wildman–Crippen LogP) is 2.04. The molecule has 2 atom stereocenters. The van der Waals surface area contributed by atoms with Gasteiger partial charge >= 0.3 is 6.09 Å². The van der Waals surface area contributed by atoms with Crippen molar-refractivity contribution in [1.29, 1.82) is 0 Å². The summed E-state index contributed by atoms with van der Waals surface area (Å²) in [5, 5.41) is 15.8. The number of carbonyl (C=O) groups excluding carboxylic acids is 1. The van der Waals surface area contributed by atoms with Crippen LogP contribution in [-0.4, -0.2) is 42.0 Å². The topological polar surface area (TPSA) is 70.6 Å². The minimum absolute atomic E-state index is 0.231. The average Bonchev–Trinajstić information content (AvgIpc) is 2.76. The molecule has 0 bridgehead atoms. The van der Waals surface area contributed by atoms with Gasteiger partial charge in [0.15, 0.2) is 0 Å². The van der Waals surface area contributed by atoms with Crippen LogP contribution in [0.4, 0.5) is 4.79 Å². The molecule has 5 nitrogen and oxygen atoms in total. The fraction of sp³-hybridized carbons (Fsp3) is 0.938. The molecule has 2 rings (SSSR count). The summed E-state index contributed by atoms with van der Waals surface area (Å²) in [4.78, 5) is 11.6. The van der Waals surface area contributed by atoms with Crippen LogP contribution in [0.2, 0.25) is 0 Å². The van der Waals surface area contributed by atoms with Gasteiger partial charge in [-0.15, -0.1) is 0 Å². The lowest BCUT2D eigenvalue weighted by atomic mass is 9.86. The van der Waals surface area contributed by atoms with E-state index in [-0.39, 0.29) is 12.1 Å². The Morgan fingerprint density at radius 3 is 2.48 bits per heavy atom. The molecule has 2 fully saturated rings. The van der Waals surface area contributed by atoms with E-state index < -0.39 is 5.60 Å². The summed E-state index contributed by atoms with van der Waals surface area (Å²) >= 11 is 0. The van der Waals surface area contributed by atoms with E-state index in [0.29, 0.717) is 24.5 Å². The molecule has 0 radical (unpaired) electrons. The van der Waals surface area contributed by atoms with Crippen LogP contribution in [0.5, 0.6) is 0 Å². The second-order valence-electron chi connectivity index (χ2n) is 7.55. The van der Waals surface area contributed by atoms with Gasteiger partial charge in [0.2, 0.25) is 0 Å². The van der Waals surface area contributed by atoms with Crippen molar-refractivity contribution in [1.82, 2.24) is 10.6 Å². The Morgan fingerprint density at radius 1 is 1.19 bits per heavy atom. The number of alkyl carbamates (subject to hydrolysis) is 1. The summed E-state index contributed by atoms with van der Waals surface area (Å²) in [5.41, 5.74) is -0.437. The van der Waals surface area contributed by atoms with E-state index >= 15 is 0 Å². The second-order valence-corrected chi connectivity index (χ2v) is 7.55. The van der Waals surface area contributed by atoms with Gasteiger partial charge in [-0.1, -0.05) is 6.42 Å². The zero-order chi connectivity index (χ0) is 15.5. The van der Waals surface area contributed by atoms with Crippen molar-refractivity contribution in [3.05, 3.63) is 0 Å². The molecule has 1 amide bonds. The van der Waals surface area contributed by atoms with E-state index in [1.54, 1.807) is 0 Å². The van der Waals surface area contributed by atoms with Crippen molar-refractivity contribution < 1.29 is 14.6 Å². The van der Waals surface area contributed by atoms with E-state index in [1.165, 1.54) is 12.8 Å². The predicted molar refractivity (Wildman–Crippen MR) is 82.1 cm³/mol. The molecule has 0 heterocycles. The molecule has 0 aromatic carbocycles. The monoisotopic (exact) mass is 298 g/mol. The Morgan fingerprint density at radius 2 is 1.86 bits per heavy atom. The average molecular weight is 298 g/mol. The normalized spacial score (nSPS) is 32.6. The highest BCUT2D eigenvalue weighted by atomic mass is 16.6. The number of carbonyl (C=O) groups is 1. The molecule has 2 unspecified atom stereocenters. The van der Waals surface area contributed by atoms with Gasteiger partial charge < -0.3 is 20.5 Å². The molecule has 0 aromatic rings. The van der Waals surface area contributed by atoms with Gasteiger partial charge in [0.1, 0.15) is 5.60 Å². The van der Waals surface area contributed by atoms with Crippen molar-refractivity contribution in [2.75, 3.05) is 13.2 Å². The number of hydrogen-bond acceptors (Lipinski definition) is 4.